The van der Waals surface area contributed by atoms with Crippen LogP contribution in [0.2, 0.25) is 5.02 Å². The molecule has 1 aliphatic heterocycles. The maximum Gasteiger partial charge on any atom is 0.253 e. The fourth-order valence-corrected chi connectivity index (χ4v) is 2.56. The van der Waals surface area contributed by atoms with Crippen molar-refractivity contribution in [2.45, 2.75) is 19.8 Å². The van der Waals surface area contributed by atoms with Crippen molar-refractivity contribution in [1.82, 2.24) is 10.6 Å². The van der Waals surface area contributed by atoms with Crippen LogP contribution in [0.3, 0.4) is 0 Å². The zero-order chi connectivity index (χ0) is 15.2. The number of amides is 2. The molecule has 0 radical (unpaired) electrons. The lowest BCUT2D eigenvalue weighted by Crippen LogP contribution is -2.35. The minimum Gasteiger partial charge on any atom is -0.352 e. The highest BCUT2D eigenvalue weighted by Crippen LogP contribution is 2.22. The van der Waals surface area contributed by atoms with Gasteiger partial charge in [0.1, 0.15) is 0 Å². The second-order valence-corrected chi connectivity index (χ2v) is 5.50. The van der Waals surface area contributed by atoms with Gasteiger partial charge in [0.05, 0.1) is 11.3 Å². The number of piperidine rings is 1. The zero-order valence-electron chi connectivity index (χ0n) is 12.4. The summed E-state index contributed by atoms with van der Waals surface area (Å²) < 4.78 is 0. The van der Waals surface area contributed by atoms with Gasteiger partial charge in [-0.15, -0.1) is 12.4 Å². The van der Waals surface area contributed by atoms with E-state index in [1.54, 1.807) is 18.2 Å². The number of rotatable bonds is 4. The Morgan fingerprint density at radius 1 is 1.32 bits per heavy atom. The lowest BCUT2D eigenvalue weighted by atomic mass is 9.97. The molecule has 2 amide bonds. The van der Waals surface area contributed by atoms with E-state index in [0.29, 0.717) is 22.8 Å². The number of halogens is 2. The van der Waals surface area contributed by atoms with Crippen molar-refractivity contribution in [3.05, 3.63) is 28.8 Å². The summed E-state index contributed by atoms with van der Waals surface area (Å²) in [5.74, 6) is -0.283. The topological polar surface area (TPSA) is 70.2 Å². The van der Waals surface area contributed by atoms with Crippen LogP contribution in [0.4, 0.5) is 5.69 Å². The largest absolute Gasteiger partial charge is 0.352 e. The number of hydrogen-bond acceptors (Lipinski definition) is 3. The summed E-state index contributed by atoms with van der Waals surface area (Å²) in [5, 5.41) is 9.28. The maximum atomic E-state index is 12.3. The lowest BCUT2D eigenvalue weighted by Gasteiger charge is -2.22. The highest BCUT2D eigenvalue weighted by atomic mass is 35.5. The van der Waals surface area contributed by atoms with Gasteiger partial charge in [0.15, 0.2) is 0 Å². The summed E-state index contributed by atoms with van der Waals surface area (Å²) in [6.07, 6.45) is 1.63. The molecule has 1 aromatic carbocycles. The molecule has 0 bridgehead atoms. The highest BCUT2D eigenvalue weighted by Gasteiger charge is 2.22. The summed E-state index contributed by atoms with van der Waals surface area (Å²) in [6.45, 7) is 4.06. The molecule has 1 aliphatic rings. The van der Waals surface area contributed by atoms with Crippen LogP contribution in [0.1, 0.15) is 30.1 Å². The van der Waals surface area contributed by atoms with Crippen LogP contribution in [0.15, 0.2) is 18.2 Å². The second kappa shape index (κ2) is 8.98. The van der Waals surface area contributed by atoms with Crippen LogP contribution in [-0.2, 0) is 4.79 Å². The fourth-order valence-electron chi connectivity index (χ4n) is 2.39. The van der Waals surface area contributed by atoms with Crippen molar-refractivity contribution in [1.29, 1.82) is 0 Å². The molecule has 1 heterocycles. The third-order valence-electron chi connectivity index (χ3n) is 3.53. The lowest BCUT2D eigenvalue weighted by molar-refractivity contribution is -0.120. The molecule has 1 saturated heterocycles. The molecule has 7 heteroatoms. The smallest absolute Gasteiger partial charge is 0.253 e. The molecular weight excluding hydrogens is 325 g/mol. The van der Waals surface area contributed by atoms with Gasteiger partial charge in [-0.05, 0) is 51.1 Å². The normalized spacial score (nSPS) is 14.8. The Morgan fingerprint density at radius 2 is 2.00 bits per heavy atom. The van der Waals surface area contributed by atoms with Crippen molar-refractivity contribution in [2.75, 3.05) is 25.0 Å². The molecule has 1 aromatic rings. The van der Waals surface area contributed by atoms with Crippen LogP contribution in [0, 0.1) is 5.92 Å². The number of carbonyl (C=O) groups excluding carboxylic acids is 2. The van der Waals surface area contributed by atoms with E-state index in [-0.39, 0.29) is 30.1 Å². The first-order valence-electron chi connectivity index (χ1n) is 7.21. The summed E-state index contributed by atoms with van der Waals surface area (Å²) in [5.41, 5.74) is 0.903. The Morgan fingerprint density at radius 3 is 2.64 bits per heavy atom. The first-order valence-corrected chi connectivity index (χ1v) is 7.59. The van der Waals surface area contributed by atoms with E-state index in [1.807, 2.05) is 6.92 Å². The van der Waals surface area contributed by atoms with Gasteiger partial charge >= 0.3 is 0 Å². The molecule has 22 heavy (non-hydrogen) atoms. The molecule has 122 valence electrons. The van der Waals surface area contributed by atoms with E-state index in [2.05, 4.69) is 16.0 Å². The summed E-state index contributed by atoms with van der Waals surface area (Å²) >= 11 is 5.95. The number of anilines is 1. The second-order valence-electron chi connectivity index (χ2n) is 5.06. The minimum absolute atomic E-state index is 0. The molecule has 0 aromatic heterocycles. The molecule has 0 aliphatic carbocycles. The molecule has 2 rings (SSSR count). The molecule has 5 nitrogen and oxygen atoms in total. The summed E-state index contributed by atoms with van der Waals surface area (Å²) in [6, 6.07) is 4.92. The van der Waals surface area contributed by atoms with Gasteiger partial charge in [0.2, 0.25) is 5.91 Å². The number of benzene rings is 1. The molecular formula is C15H21Cl2N3O2. The Bertz CT molecular complexity index is 532. The summed E-state index contributed by atoms with van der Waals surface area (Å²) in [7, 11) is 0. The monoisotopic (exact) mass is 345 g/mol. The van der Waals surface area contributed by atoms with E-state index < -0.39 is 0 Å². The van der Waals surface area contributed by atoms with E-state index in [0.717, 1.165) is 25.9 Å². The van der Waals surface area contributed by atoms with E-state index in [4.69, 9.17) is 11.6 Å². The van der Waals surface area contributed by atoms with Crippen molar-refractivity contribution in [3.63, 3.8) is 0 Å². The minimum atomic E-state index is -0.236. The fraction of sp³-hybridized carbons (Fsp3) is 0.467. The van der Waals surface area contributed by atoms with Crippen molar-refractivity contribution in [2.24, 2.45) is 5.92 Å². The third kappa shape index (κ3) is 4.87. The summed E-state index contributed by atoms with van der Waals surface area (Å²) in [4.78, 5) is 24.3. The SMILES string of the molecule is CCNC(=O)c1cc(Cl)ccc1NC(=O)C1CCNCC1.Cl. The van der Waals surface area contributed by atoms with Gasteiger partial charge in [0, 0.05) is 17.5 Å². The standard InChI is InChI=1S/C15H20ClN3O2.ClH/c1-2-18-15(21)12-9-11(16)3-4-13(12)19-14(20)10-5-7-17-8-6-10;/h3-4,9-10,17H,2,5-8H2,1H3,(H,18,21)(H,19,20);1H. The predicted octanol–water partition coefficient (Wildman–Crippen LogP) is 2.45. The first kappa shape index (κ1) is 18.7. The van der Waals surface area contributed by atoms with E-state index in [9.17, 15) is 9.59 Å². The average Bonchev–Trinajstić information content (AvgIpc) is 2.50. The van der Waals surface area contributed by atoms with Gasteiger partial charge in [-0.1, -0.05) is 11.6 Å². The Labute approximate surface area is 141 Å². The van der Waals surface area contributed by atoms with Gasteiger partial charge in [0.25, 0.3) is 5.91 Å². The van der Waals surface area contributed by atoms with Gasteiger partial charge in [-0.25, -0.2) is 0 Å². The van der Waals surface area contributed by atoms with Crippen molar-refractivity contribution >= 4 is 41.5 Å². The maximum absolute atomic E-state index is 12.3. The van der Waals surface area contributed by atoms with Crippen LogP contribution in [0.5, 0.6) is 0 Å². The highest BCUT2D eigenvalue weighted by molar-refractivity contribution is 6.31. The Hall–Kier alpha value is -1.30. The van der Waals surface area contributed by atoms with Crippen molar-refractivity contribution < 1.29 is 9.59 Å². The van der Waals surface area contributed by atoms with E-state index >= 15 is 0 Å². The van der Waals surface area contributed by atoms with Gasteiger partial charge < -0.3 is 16.0 Å². The molecule has 0 unspecified atom stereocenters. The van der Waals surface area contributed by atoms with Gasteiger partial charge in [-0.3, -0.25) is 9.59 Å². The van der Waals surface area contributed by atoms with Crippen LogP contribution in [-0.4, -0.2) is 31.4 Å². The Balaban J connectivity index is 0.00000242. The molecule has 3 N–H and O–H groups in total. The van der Waals surface area contributed by atoms with Crippen molar-refractivity contribution in [3.8, 4) is 0 Å². The Kier molecular flexibility index (Phi) is 7.65. The van der Waals surface area contributed by atoms with Crippen LogP contribution >= 0.6 is 24.0 Å². The predicted molar refractivity (Wildman–Crippen MR) is 90.9 cm³/mol. The molecule has 0 saturated carbocycles. The molecule has 0 spiro atoms. The van der Waals surface area contributed by atoms with Crippen LogP contribution in [0.25, 0.3) is 0 Å². The number of carbonyl (C=O) groups is 2. The quantitative estimate of drug-likeness (QED) is 0.784. The number of hydrogen-bond donors (Lipinski definition) is 3. The first-order chi connectivity index (χ1) is 10.1. The molecule has 1 fully saturated rings. The third-order valence-corrected chi connectivity index (χ3v) is 3.77. The average molecular weight is 346 g/mol. The van der Waals surface area contributed by atoms with E-state index in [1.165, 1.54) is 0 Å². The number of nitrogens with one attached hydrogen (secondary N) is 3. The van der Waals surface area contributed by atoms with Crippen LogP contribution < -0.4 is 16.0 Å². The zero-order valence-corrected chi connectivity index (χ0v) is 14.0. The van der Waals surface area contributed by atoms with Gasteiger partial charge in [-0.2, -0.15) is 0 Å². The molecule has 0 atom stereocenters.